The van der Waals surface area contributed by atoms with Gasteiger partial charge in [-0.15, -0.1) is 0 Å². The Hall–Kier alpha value is -0.610. The van der Waals surface area contributed by atoms with Crippen molar-refractivity contribution in [2.45, 2.75) is 0 Å². The Balaban J connectivity index is 3.02. The maximum atomic E-state index is 10.3. The highest BCUT2D eigenvalue weighted by Crippen LogP contribution is 2.27. The third-order valence-electron chi connectivity index (χ3n) is 1.39. The fourth-order valence-corrected chi connectivity index (χ4v) is 1.59. The van der Waals surface area contributed by atoms with E-state index in [1.54, 1.807) is 0 Å². The van der Waals surface area contributed by atoms with Crippen molar-refractivity contribution in [3.05, 3.63) is 38.8 Å². The molecule has 0 bridgehead atoms. The highest BCUT2D eigenvalue weighted by molar-refractivity contribution is 9.13. The van der Waals surface area contributed by atoms with E-state index in [0.29, 0.717) is 0 Å². The summed E-state index contributed by atoms with van der Waals surface area (Å²) < 4.78 is 1.76. The van der Waals surface area contributed by atoms with Gasteiger partial charge in [0.15, 0.2) is 0 Å². The van der Waals surface area contributed by atoms with Crippen LogP contribution in [0.1, 0.15) is 5.56 Å². The van der Waals surface area contributed by atoms with Gasteiger partial charge in [0.05, 0.1) is 0 Å². The van der Waals surface area contributed by atoms with Crippen LogP contribution in [0.2, 0.25) is 0 Å². The first-order valence-corrected chi connectivity index (χ1v) is 5.05. The molecule has 2 nitrogen and oxygen atoms in total. The Morgan fingerprint density at radius 3 is 2.69 bits per heavy atom. The highest BCUT2D eigenvalue weighted by atomic mass is 79.9. The van der Waals surface area contributed by atoms with Gasteiger partial charge in [-0.05, 0) is 49.6 Å². The van der Waals surface area contributed by atoms with Crippen LogP contribution in [0.25, 0.3) is 6.08 Å². The fourth-order valence-electron chi connectivity index (χ4n) is 0.810. The molecule has 0 aliphatic heterocycles. The second-order valence-corrected chi connectivity index (χ2v) is 3.96. The normalized spacial score (nSPS) is 10.6. The summed E-state index contributed by atoms with van der Waals surface area (Å²) in [6.07, 6.45) is 2.64. The van der Waals surface area contributed by atoms with Gasteiger partial charge in [-0.25, -0.2) is 4.79 Å². The van der Waals surface area contributed by atoms with Crippen LogP contribution in [0.3, 0.4) is 0 Å². The topological polar surface area (TPSA) is 37.3 Å². The van der Waals surface area contributed by atoms with Gasteiger partial charge in [-0.1, -0.05) is 12.1 Å². The van der Waals surface area contributed by atoms with Crippen molar-refractivity contribution < 1.29 is 9.90 Å². The summed E-state index contributed by atoms with van der Waals surface area (Å²) in [5, 5.41) is 8.42. The lowest BCUT2D eigenvalue weighted by atomic mass is 10.2. The molecule has 0 spiro atoms. The van der Waals surface area contributed by atoms with Crippen LogP contribution < -0.4 is 0 Å². The van der Waals surface area contributed by atoms with Crippen molar-refractivity contribution in [1.82, 2.24) is 0 Å². The van der Waals surface area contributed by atoms with Gasteiger partial charge in [-0.3, -0.25) is 0 Å². The third-order valence-corrected chi connectivity index (χ3v) is 3.46. The highest BCUT2D eigenvalue weighted by Gasteiger charge is 1.99. The molecule has 68 valence electrons. The number of aliphatic carboxylic acids is 1. The van der Waals surface area contributed by atoms with E-state index in [2.05, 4.69) is 31.9 Å². The molecule has 0 amide bonds. The third kappa shape index (κ3) is 2.97. The number of carboxylic acids is 1. The number of halogens is 2. The maximum Gasteiger partial charge on any atom is 0.328 e. The molecule has 0 atom stereocenters. The average molecular weight is 306 g/mol. The largest absolute Gasteiger partial charge is 0.478 e. The summed E-state index contributed by atoms with van der Waals surface area (Å²) in [5.41, 5.74) is 0.830. The van der Waals surface area contributed by atoms with Crippen molar-refractivity contribution in [2.75, 3.05) is 0 Å². The molecule has 0 radical (unpaired) electrons. The van der Waals surface area contributed by atoms with Crippen molar-refractivity contribution >= 4 is 43.9 Å². The Labute approximate surface area is 92.5 Å². The molecule has 0 aromatic heterocycles. The number of rotatable bonds is 2. The molecule has 0 saturated carbocycles. The summed E-state index contributed by atoms with van der Waals surface area (Å²) in [4.78, 5) is 10.3. The first-order chi connectivity index (χ1) is 6.11. The van der Waals surface area contributed by atoms with Crippen molar-refractivity contribution in [2.24, 2.45) is 0 Å². The Morgan fingerprint density at radius 1 is 1.38 bits per heavy atom. The first kappa shape index (κ1) is 10.5. The van der Waals surface area contributed by atoms with E-state index in [1.807, 2.05) is 18.2 Å². The molecular weight excluding hydrogens is 300 g/mol. The summed E-state index contributed by atoms with van der Waals surface area (Å²) >= 11 is 6.66. The molecule has 1 N–H and O–H groups in total. The van der Waals surface area contributed by atoms with E-state index in [1.165, 1.54) is 6.08 Å². The van der Waals surface area contributed by atoms with Crippen LogP contribution in [0.4, 0.5) is 0 Å². The minimum atomic E-state index is -0.952. The molecule has 1 aromatic rings. The molecule has 0 aliphatic rings. The molecule has 0 aliphatic carbocycles. The van der Waals surface area contributed by atoms with Gasteiger partial charge in [0.2, 0.25) is 0 Å². The van der Waals surface area contributed by atoms with E-state index in [-0.39, 0.29) is 0 Å². The second-order valence-electron chi connectivity index (χ2n) is 2.31. The number of carboxylic acid groups (broad SMARTS) is 1. The van der Waals surface area contributed by atoms with Crippen LogP contribution in [-0.4, -0.2) is 11.1 Å². The van der Waals surface area contributed by atoms with Gasteiger partial charge in [0.1, 0.15) is 0 Å². The van der Waals surface area contributed by atoms with E-state index < -0.39 is 5.97 Å². The molecule has 1 rings (SSSR count). The molecular formula is C9H6Br2O2. The van der Waals surface area contributed by atoms with Crippen LogP contribution in [0.15, 0.2) is 33.2 Å². The summed E-state index contributed by atoms with van der Waals surface area (Å²) in [6.45, 7) is 0. The number of benzene rings is 1. The molecule has 0 heterocycles. The number of hydrogen-bond donors (Lipinski definition) is 1. The van der Waals surface area contributed by atoms with Crippen molar-refractivity contribution in [1.29, 1.82) is 0 Å². The van der Waals surface area contributed by atoms with Gasteiger partial charge >= 0.3 is 5.97 Å². The lowest BCUT2D eigenvalue weighted by molar-refractivity contribution is -0.131. The van der Waals surface area contributed by atoms with Crippen LogP contribution in [0.5, 0.6) is 0 Å². The zero-order valence-corrected chi connectivity index (χ0v) is 9.67. The molecule has 0 saturated heterocycles. The van der Waals surface area contributed by atoms with E-state index in [9.17, 15) is 4.79 Å². The zero-order chi connectivity index (χ0) is 9.84. The molecule has 4 heteroatoms. The van der Waals surface area contributed by atoms with Crippen LogP contribution in [-0.2, 0) is 4.79 Å². The minimum Gasteiger partial charge on any atom is -0.478 e. The van der Waals surface area contributed by atoms with E-state index in [4.69, 9.17) is 5.11 Å². The predicted octanol–water partition coefficient (Wildman–Crippen LogP) is 3.31. The van der Waals surface area contributed by atoms with Crippen molar-refractivity contribution in [3.8, 4) is 0 Å². The Morgan fingerprint density at radius 2 is 2.08 bits per heavy atom. The maximum absolute atomic E-state index is 10.3. The second kappa shape index (κ2) is 4.58. The molecule has 0 fully saturated rings. The first-order valence-electron chi connectivity index (χ1n) is 3.46. The molecule has 13 heavy (non-hydrogen) atoms. The van der Waals surface area contributed by atoms with Crippen LogP contribution in [0, 0.1) is 0 Å². The van der Waals surface area contributed by atoms with Gasteiger partial charge in [0.25, 0.3) is 0 Å². The Bertz CT molecular complexity index is 359. The van der Waals surface area contributed by atoms with Gasteiger partial charge in [0, 0.05) is 15.0 Å². The standard InChI is InChI=1S/C9H6Br2O2/c10-7-3-1-2-6(9(7)11)4-5-8(12)13/h1-5H,(H,12,13)/b5-4+. The number of hydrogen-bond acceptors (Lipinski definition) is 1. The summed E-state index contributed by atoms with van der Waals surface area (Å²) in [5.74, 6) is -0.952. The zero-order valence-electron chi connectivity index (χ0n) is 6.50. The quantitative estimate of drug-likeness (QED) is 0.851. The lowest BCUT2D eigenvalue weighted by Crippen LogP contribution is -1.86. The SMILES string of the molecule is O=C(O)/C=C/c1cccc(Br)c1Br. The van der Waals surface area contributed by atoms with Gasteiger partial charge in [-0.2, -0.15) is 0 Å². The average Bonchev–Trinajstić information content (AvgIpc) is 2.07. The molecule has 0 unspecified atom stereocenters. The predicted molar refractivity (Wildman–Crippen MR) is 58.5 cm³/mol. The van der Waals surface area contributed by atoms with Gasteiger partial charge < -0.3 is 5.11 Å². The monoisotopic (exact) mass is 304 g/mol. The minimum absolute atomic E-state index is 0.830. The molecule has 1 aromatic carbocycles. The van der Waals surface area contributed by atoms with E-state index in [0.717, 1.165) is 20.6 Å². The van der Waals surface area contributed by atoms with E-state index >= 15 is 0 Å². The summed E-state index contributed by atoms with van der Waals surface area (Å²) in [6, 6.07) is 5.55. The summed E-state index contributed by atoms with van der Waals surface area (Å²) in [7, 11) is 0. The fraction of sp³-hybridized carbons (Fsp3) is 0. The van der Waals surface area contributed by atoms with Crippen molar-refractivity contribution in [3.63, 3.8) is 0 Å². The number of carbonyl (C=O) groups is 1. The lowest BCUT2D eigenvalue weighted by Gasteiger charge is -1.99. The smallest absolute Gasteiger partial charge is 0.328 e. The van der Waals surface area contributed by atoms with Crippen LogP contribution >= 0.6 is 31.9 Å². The Kier molecular flexibility index (Phi) is 3.69.